The van der Waals surface area contributed by atoms with Gasteiger partial charge in [-0.25, -0.2) is 0 Å². The fraction of sp³-hybridized carbons (Fsp3) is 0.700. The molecule has 3 heteroatoms. The van der Waals surface area contributed by atoms with Crippen molar-refractivity contribution < 1.29 is 4.79 Å². The zero-order chi connectivity index (χ0) is 9.84. The molecule has 3 nitrogen and oxygen atoms in total. The van der Waals surface area contributed by atoms with Gasteiger partial charge in [-0.2, -0.15) is 0 Å². The highest BCUT2D eigenvalue weighted by atomic mass is 16.1. The first-order valence-electron chi connectivity index (χ1n) is 4.82. The summed E-state index contributed by atoms with van der Waals surface area (Å²) in [5.41, 5.74) is 0. The molecule has 13 heavy (non-hydrogen) atoms. The summed E-state index contributed by atoms with van der Waals surface area (Å²) >= 11 is 0. The molecule has 0 spiro atoms. The minimum Gasteiger partial charge on any atom is -0.349 e. The lowest BCUT2D eigenvalue weighted by molar-refractivity contribution is -0.116. The number of hydrogen-bond donors (Lipinski definition) is 2. The van der Waals surface area contributed by atoms with Crippen molar-refractivity contribution in [2.75, 3.05) is 13.6 Å². The summed E-state index contributed by atoms with van der Waals surface area (Å²) in [4.78, 5) is 11.0. The molecule has 1 aliphatic carbocycles. The molecule has 0 aromatic heterocycles. The molecule has 0 bridgehead atoms. The monoisotopic (exact) mass is 182 g/mol. The summed E-state index contributed by atoms with van der Waals surface area (Å²) in [6, 6.07) is 0.364. The first kappa shape index (κ1) is 10.3. The Kier molecular flexibility index (Phi) is 3.48. The lowest BCUT2D eigenvalue weighted by atomic mass is 10.2. The fourth-order valence-electron chi connectivity index (χ4n) is 1.95. The van der Waals surface area contributed by atoms with Crippen molar-refractivity contribution in [3.05, 3.63) is 12.7 Å². The molecule has 1 amide bonds. The second kappa shape index (κ2) is 4.42. The summed E-state index contributed by atoms with van der Waals surface area (Å²) in [5, 5.41) is 6.08. The Labute approximate surface area is 79.6 Å². The van der Waals surface area contributed by atoms with Gasteiger partial charge in [0.25, 0.3) is 0 Å². The van der Waals surface area contributed by atoms with E-state index in [9.17, 15) is 4.79 Å². The topological polar surface area (TPSA) is 41.1 Å². The predicted octanol–water partition coefficient (Wildman–Crippen LogP) is 0.533. The second-order valence-electron chi connectivity index (χ2n) is 3.53. The van der Waals surface area contributed by atoms with Gasteiger partial charge < -0.3 is 10.6 Å². The molecule has 0 aromatic rings. The third-order valence-electron chi connectivity index (χ3n) is 2.74. The van der Waals surface area contributed by atoms with Gasteiger partial charge in [-0.05, 0) is 31.5 Å². The molecule has 2 N–H and O–H groups in total. The molecule has 0 aliphatic heterocycles. The zero-order valence-electron chi connectivity index (χ0n) is 8.34. The van der Waals surface area contributed by atoms with E-state index in [2.05, 4.69) is 24.1 Å². The normalized spacial score (nSPS) is 31.1. The maximum Gasteiger partial charge on any atom is 0.243 e. The Bertz CT molecular complexity index is 203. The van der Waals surface area contributed by atoms with Gasteiger partial charge in [0.15, 0.2) is 0 Å². The number of rotatable bonds is 5. The van der Waals surface area contributed by atoms with Crippen LogP contribution in [-0.4, -0.2) is 25.5 Å². The van der Waals surface area contributed by atoms with Gasteiger partial charge in [0.2, 0.25) is 5.91 Å². The van der Waals surface area contributed by atoms with Crippen LogP contribution < -0.4 is 10.6 Å². The Morgan fingerprint density at radius 2 is 2.23 bits per heavy atom. The molecule has 1 saturated carbocycles. The minimum atomic E-state index is -0.0537. The number of hydrogen-bond acceptors (Lipinski definition) is 2. The highest BCUT2D eigenvalue weighted by molar-refractivity contribution is 5.87. The maximum atomic E-state index is 11.0. The Balaban J connectivity index is 2.35. The summed E-state index contributed by atoms with van der Waals surface area (Å²) in [6.07, 6.45) is 2.47. The number of carbonyl (C=O) groups is 1. The standard InChI is InChI=1S/C10H18N2O/c1-4-7-8(6-11-3)10(7)12-9(13)5-2/h5,7-8,10-11H,2,4,6H2,1,3H3,(H,12,13). The van der Waals surface area contributed by atoms with Crippen LogP contribution in [0.4, 0.5) is 0 Å². The van der Waals surface area contributed by atoms with E-state index < -0.39 is 0 Å². The molecule has 1 aliphatic rings. The molecule has 1 fully saturated rings. The molecular weight excluding hydrogens is 164 g/mol. The third-order valence-corrected chi connectivity index (χ3v) is 2.74. The van der Waals surface area contributed by atoms with E-state index in [-0.39, 0.29) is 5.91 Å². The first-order valence-corrected chi connectivity index (χ1v) is 4.82. The van der Waals surface area contributed by atoms with Gasteiger partial charge in [0.05, 0.1) is 0 Å². The van der Waals surface area contributed by atoms with Gasteiger partial charge in [0.1, 0.15) is 0 Å². The maximum absolute atomic E-state index is 11.0. The Morgan fingerprint density at radius 3 is 2.69 bits per heavy atom. The summed E-state index contributed by atoms with van der Waals surface area (Å²) < 4.78 is 0. The Hall–Kier alpha value is -0.830. The van der Waals surface area contributed by atoms with Crippen LogP contribution in [0.3, 0.4) is 0 Å². The molecular formula is C10H18N2O. The molecule has 1 rings (SSSR count). The van der Waals surface area contributed by atoms with Crippen LogP contribution in [0, 0.1) is 11.8 Å². The minimum absolute atomic E-state index is 0.0537. The third kappa shape index (κ3) is 2.31. The van der Waals surface area contributed by atoms with E-state index in [0.29, 0.717) is 17.9 Å². The smallest absolute Gasteiger partial charge is 0.243 e. The van der Waals surface area contributed by atoms with Crippen molar-refractivity contribution in [1.82, 2.24) is 10.6 Å². The number of amides is 1. The SMILES string of the molecule is C=CC(=O)NC1C(CC)C1CNC. The second-order valence-corrected chi connectivity index (χ2v) is 3.53. The summed E-state index contributed by atoms with van der Waals surface area (Å²) in [6.45, 7) is 6.58. The lowest BCUT2D eigenvalue weighted by Crippen LogP contribution is -2.27. The lowest BCUT2D eigenvalue weighted by Gasteiger charge is -1.99. The van der Waals surface area contributed by atoms with E-state index in [4.69, 9.17) is 0 Å². The van der Waals surface area contributed by atoms with E-state index >= 15 is 0 Å². The number of nitrogens with one attached hydrogen (secondary N) is 2. The van der Waals surface area contributed by atoms with Crippen molar-refractivity contribution in [1.29, 1.82) is 0 Å². The van der Waals surface area contributed by atoms with Crippen LogP contribution in [0.15, 0.2) is 12.7 Å². The Morgan fingerprint density at radius 1 is 1.54 bits per heavy atom. The molecule has 3 atom stereocenters. The quantitative estimate of drug-likeness (QED) is 0.609. The molecule has 0 aromatic carbocycles. The van der Waals surface area contributed by atoms with Crippen LogP contribution >= 0.6 is 0 Å². The summed E-state index contributed by atoms with van der Waals surface area (Å²) in [5.74, 6) is 1.21. The molecule has 3 unspecified atom stereocenters. The number of carbonyl (C=O) groups excluding carboxylic acids is 1. The van der Waals surface area contributed by atoms with Gasteiger partial charge >= 0.3 is 0 Å². The molecule has 0 heterocycles. The first-order chi connectivity index (χ1) is 6.24. The van der Waals surface area contributed by atoms with Crippen molar-refractivity contribution in [3.8, 4) is 0 Å². The van der Waals surface area contributed by atoms with Crippen LogP contribution in [0.5, 0.6) is 0 Å². The largest absolute Gasteiger partial charge is 0.349 e. The molecule has 0 saturated heterocycles. The average molecular weight is 182 g/mol. The van der Waals surface area contributed by atoms with Crippen molar-refractivity contribution in [2.45, 2.75) is 19.4 Å². The van der Waals surface area contributed by atoms with Crippen LogP contribution in [0.25, 0.3) is 0 Å². The van der Waals surface area contributed by atoms with E-state index in [1.54, 1.807) is 0 Å². The van der Waals surface area contributed by atoms with Crippen molar-refractivity contribution in [3.63, 3.8) is 0 Å². The van der Waals surface area contributed by atoms with Crippen molar-refractivity contribution >= 4 is 5.91 Å². The highest BCUT2D eigenvalue weighted by Gasteiger charge is 2.48. The molecule has 0 radical (unpaired) electrons. The van der Waals surface area contributed by atoms with Gasteiger partial charge in [-0.3, -0.25) is 4.79 Å². The van der Waals surface area contributed by atoms with Crippen LogP contribution in [-0.2, 0) is 4.79 Å². The van der Waals surface area contributed by atoms with E-state index in [1.807, 2.05) is 7.05 Å². The van der Waals surface area contributed by atoms with E-state index in [0.717, 1.165) is 13.0 Å². The van der Waals surface area contributed by atoms with Crippen LogP contribution in [0.1, 0.15) is 13.3 Å². The fourth-order valence-corrected chi connectivity index (χ4v) is 1.95. The zero-order valence-corrected chi connectivity index (χ0v) is 8.34. The van der Waals surface area contributed by atoms with Gasteiger partial charge in [-0.15, -0.1) is 0 Å². The summed E-state index contributed by atoms with van der Waals surface area (Å²) in [7, 11) is 1.94. The van der Waals surface area contributed by atoms with Crippen LogP contribution in [0.2, 0.25) is 0 Å². The van der Waals surface area contributed by atoms with E-state index in [1.165, 1.54) is 6.08 Å². The predicted molar refractivity (Wildman–Crippen MR) is 53.3 cm³/mol. The van der Waals surface area contributed by atoms with Crippen molar-refractivity contribution in [2.24, 2.45) is 11.8 Å². The van der Waals surface area contributed by atoms with Gasteiger partial charge in [-0.1, -0.05) is 19.9 Å². The molecule has 74 valence electrons. The highest BCUT2D eigenvalue weighted by Crippen LogP contribution is 2.40. The average Bonchev–Trinajstić information content (AvgIpc) is 2.78. The van der Waals surface area contributed by atoms with Gasteiger partial charge in [0, 0.05) is 6.04 Å².